The van der Waals surface area contributed by atoms with Crippen LogP contribution in [-0.2, 0) is 0 Å². The summed E-state index contributed by atoms with van der Waals surface area (Å²) in [6.45, 7) is 0. The van der Waals surface area contributed by atoms with Crippen LogP contribution in [0.2, 0.25) is 0 Å². The van der Waals surface area contributed by atoms with Crippen LogP contribution in [-0.4, -0.2) is 64.6 Å². The van der Waals surface area contributed by atoms with E-state index < -0.39 is 7.12 Å². The Morgan fingerprint density at radius 1 is 0.298 bits per heavy atom. The van der Waals surface area contributed by atoms with Crippen LogP contribution in [0.5, 0.6) is 0 Å². The molecule has 447 valence electrons. The fourth-order valence-electron chi connectivity index (χ4n) is 11.7. The maximum absolute atomic E-state index is 15.2. The maximum atomic E-state index is 15.2. The van der Waals surface area contributed by atoms with Gasteiger partial charge in [0.25, 0.3) is 0 Å². The largest absolute Gasteiger partial charge is 0.528 e. The maximum Gasteiger partial charge on any atom is 0.528 e. The van der Waals surface area contributed by atoms with Crippen molar-refractivity contribution in [3.05, 3.63) is 319 Å². The van der Waals surface area contributed by atoms with E-state index in [0.29, 0.717) is 29.1 Å². The van der Waals surface area contributed by atoms with Gasteiger partial charge in [-0.05, 0) is 72.3 Å². The zero-order valence-corrected chi connectivity index (χ0v) is 55.9. The predicted molar refractivity (Wildman–Crippen MR) is 376 cm³/mol. The molecule has 94 heavy (non-hydrogen) atoms. The van der Waals surface area contributed by atoms with Crippen molar-refractivity contribution in [1.29, 1.82) is 0 Å². The van der Waals surface area contributed by atoms with Gasteiger partial charge in [0.15, 0.2) is 34.8 Å². The molecule has 0 atom stereocenters. The van der Waals surface area contributed by atoms with Gasteiger partial charge in [0.05, 0.1) is 33.4 Å². The second-order valence-electron chi connectivity index (χ2n) is 21.6. The third kappa shape index (κ3) is 13.1. The molecule has 10 nitrogen and oxygen atoms in total. The molecule has 3 radical (unpaired) electrons. The quantitative estimate of drug-likeness (QED) is 0.130. The van der Waals surface area contributed by atoms with E-state index in [1.807, 2.05) is 182 Å². The van der Waals surface area contributed by atoms with Gasteiger partial charge in [0.2, 0.25) is 0 Å². The van der Waals surface area contributed by atoms with E-state index >= 15 is 4.39 Å². The Morgan fingerprint density at radius 3 is 1.02 bits per heavy atom. The first-order valence-corrected chi connectivity index (χ1v) is 30.5. The van der Waals surface area contributed by atoms with Gasteiger partial charge in [-0.1, -0.05) is 253 Å². The summed E-state index contributed by atoms with van der Waals surface area (Å²) < 4.78 is 34.5. The van der Waals surface area contributed by atoms with Crippen LogP contribution < -0.4 is 5.72 Å². The topological polar surface area (TPSA) is 128 Å². The molecule has 0 saturated heterocycles. The van der Waals surface area contributed by atoms with E-state index in [1.54, 1.807) is 18.2 Å². The van der Waals surface area contributed by atoms with Crippen molar-refractivity contribution in [1.82, 2.24) is 39.0 Å². The van der Waals surface area contributed by atoms with Gasteiger partial charge in [-0.15, -0.1) is 0 Å². The molecular weight excluding hydrogens is 1460 g/mol. The molecule has 16 aromatic rings. The Hall–Kier alpha value is -10.3. The summed E-state index contributed by atoms with van der Waals surface area (Å²) in [5.74, 6) is 1.93. The van der Waals surface area contributed by atoms with E-state index in [4.69, 9.17) is 15.0 Å². The monoisotopic (exact) mass is 1510 g/mol. The number of halogens is 3. The molecule has 0 aliphatic heterocycles. The van der Waals surface area contributed by atoms with E-state index in [2.05, 4.69) is 131 Å². The second-order valence-corrected chi connectivity index (χ2v) is 22.4. The molecule has 0 spiro atoms. The van der Waals surface area contributed by atoms with Crippen molar-refractivity contribution >= 4 is 80.8 Å². The molecule has 0 fully saturated rings. The third-order valence-corrected chi connectivity index (χ3v) is 16.5. The van der Waals surface area contributed by atoms with Crippen LogP contribution in [0.3, 0.4) is 0 Å². The van der Waals surface area contributed by atoms with Crippen LogP contribution >= 0.6 is 15.9 Å². The van der Waals surface area contributed by atoms with Crippen LogP contribution in [0.15, 0.2) is 308 Å². The van der Waals surface area contributed by atoms with Gasteiger partial charge in [0.1, 0.15) is 11.6 Å². The molecule has 0 aliphatic rings. The normalized spacial score (nSPS) is 10.9. The standard InChI is InChI=1S/C39H25FN4.C24H15BrFN.C15H12BN3O2.B.U/c40-28-23-24-36(44-34-21-11-9-18-30(34)31-19-10-12-22-35(31)44)33(25-28)29-17-7-8-20-32(29)39-42-37(26-13-3-1-4-14-26)41-38(43-39)27-15-5-2-6-16-27;25-21-14-13-16(26)15-20(21)19-9-3-6-12-24(19)27-22-10-4-1-7-17(22)18-8-2-5-11-23(18)27;20-16(21)15-18-13(11-7-3-1-4-8-11)17-14(19-15)12-9-5-2-6-10-12;;/h1-25H;1-15H;1-10,20-21H;;. The summed E-state index contributed by atoms with van der Waals surface area (Å²) in [6, 6.07) is 97.8. The van der Waals surface area contributed by atoms with Crippen molar-refractivity contribution in [3.8, 4) is 90.6 Å². The van der Waals surface area contributed by atoms with Crippen molar-refractivity contribution in [2.75, 3.05) is 0 Å². The number of hydrogen-bond acceptors (Lipinski definition) is 8. The van der Waals surface area contributed by atoms with Crippen molar-refractivity contribution in [2.24, 2.45) is 0 Å². The van der Waals surface area contributed by atoms with Crippen molar-refractivity contribution in [2.45, 2.75) is 0 Å². The average Bonchev–Trinajstić information content (AvgIpc) is 1.55. The molecule has 4 heterocycles. The average molecular weight is 1510 g/mol. The zero-order valence-electron chi connectivity index (χ0n) is 50.1. The van der Waals surface area contributed by atoms with Crippen molar-refractivity contribution < 1.29 is 49.9 Å². The molecule has 0 aliphatic carbocycles. The second kappa shape index (κ2) is 28.7. The van der Waals surface area contributed by atoms with E-state index in [1.165, 1.54) is 22.9 Å². The number of nitrogens with zero attached hydrogens (tertiary/aromatic N) is 8. The number of aromatic nitrogens is 8. The minimum Gasteiger partial charge on any atom is -0.421 e. The number of benzene rings is 12. The molecule has 16 heteroatoms. The summed E-state index contributed by atoms with van der Waals surface area (Å²) in [5.41, 5.74) is 13.8. The van der Waals surface area contributed by atoms with E-state index in [-0.39, 0.29) is 56.9 Å². The molecule has 16 rings (SSSR count). The van der Waals surface area contributed by atoms with Crippen LogP contribution in [0.4, 0.5) is 8.78 Å². The van der Waals surface area contributed by atoms with Gasteiger partial charge in [0, 0.05) is 110 Å². The first-order valence-electron chi connectivity index (χ1n) is 29.7. The Balaban J connectivity index is 0.000000145. The first-order chi connectivity index (χ1) is 45.2. The molecule has 0 amide bonds. The van der Waals surface area contributed by atoms with Crippen LogP contribution in [0.1, 0.15) is 0 Å². The third-order valence-electron chi connectivity index (χ3n) is 15.8. The summed E-state index contributed by atoms with van der Waals surface area (Å²) >= 11 is 3.59. The Bertz CT molecular complexity index is 5120. The summed E-state index contributed by atoms with van der Waals surface area (Å²) in [7, 11) is -1.74. The predicted octanol–water partition coefficient (Wildman–Crippen LogP) is 17.6. The Kier molecular flexibility index (Phi) is 19.5. The summed E-state index contributed by atoms with van der Waals surface area (Å²) in [5, 5.41) is 23.4. The summed E-state index contributed by atoms with van der Waals surface area (Å²) in [6.07, 6.45) is 0. The molecule has 2 N–H and O–H groups in total. The van der Waals surface area contributed by atoms with Gasteiger partial charge < -0.3 is 19.2 Å². The fourth-order valence-corrected chi connectivity index (χ4v) is 12.1. The minimum absolute atomic E-state index is 0. The molecule has 4 aromatic heterocycles. The summed E-state index contributed by atoms with van der Waals surface area (Å²) in [4.78, 5) is 27.4. The number of fused-ring (bicyclic) bond motifs is 6. The fraction of sp³-hybridized carbons (Fsp3) is 0. The first kappa shape index (κ1) is 63.8. The molecule has 0 unspecified atom stereocenters. The minimum atomic E-state index is -1.74. The van der Waals surface area contributed by atoms with Crippen molar-refractivity contribution in [3.63, 3.8) is 0 Å². The zero-order chi connectivity index (χ0) is 62.5. The van der Waals surface area contributed by atoms with Gasteiger partial charge in [-0.25, -0.2) is 38.7 Å². The number of para-hydroxylation sites is 5. The number of hydrogen-bond donors (Lipinski definition) is 2. The van der Waals surface area contributed by atoms with Gasteiger partial charge in [-0.2, -0.15) is 0 Å². The van der Waals surface area contributed by atoms with E-state index in [0.717, 1.165) is 98.8 Å². The molecule has 0 bridgehead atoms. The SMILES string of the molecule is Fc1ccc(-n2c3ccccc3c3ccccc32)c(-c2ccccc2-c2nc(-c3ccccc3)nc(-c3ccccc3)n2)c1.Fc1ccc(Br)c(-c2ccccc2-n2c3ccccc3c3ccccc32)c1.OB(O)c1nc(-c2ccccc2)nc(-c2ccccc2)n1.[B].[U]. The smallest absolute Gasteiger partial charge is 0.421 e. The Labute approximate surface area is 575 Å². The Morgan fingerprint density at radius 2 is 0.606 bits per heavy atom. The van der Waals surface area contributed by atoms with Crippen LogP contribution in [0, 0.1) is 42.7 Å². The molecular formula is C78H52B2BrF2N8O2U. The molecule has 12 aromatic carbocycles. The molecule has 0 saturated carbocycles. The van der Waals surface area contributed by atoms with Gasteiger partial charge >= 0.3 is 7.12 Å². The number of rotatable bonds is 10. The van der Waals surface area contributed by atoms with Gasteiger partial charge in [-0.3, -0.25) is 0 Å². The van der Waals surface area contributed by atoms with E-state index in [9.17, 15) is 14.4 Å². The van der Waals surface area contributed by atoms with Crippen LogP contribution in [0.25, 0.3) is 134 Å².